The zero-order valence-corrected chi connectivity index (χ0v) is 15.7. The van der Waals surface area contributed by atoms with Crippen molar-refractivity contribution < 1.29 is 54.2 Å². The molecule has 1 aliphatic rings. The van der Waals surface area contributed by atoms with Crippen molar-refractivity contribution in [2.24, 2.45) is 0 Å². The first kappa shape index (κ1) is 24.7. The fourth-order valence-electron chi connectivity index (χ4n) is 2.87. The Balaban J connectivity index is 2.98. The molecule has 1 heterocycles. The molecule has 1 aliphatic heterocycles. The van der Waals surface area contributed by atoms with Crippen LogP contribution in [0.3, 0.4) is 0 Å². The molecule has 13 nitrogen and oxygen atoms in total. The van der Waals surface area contributed by atoms with Gasteiger partial charge in [-0.25, -0.2) is 4.79 Å². The number of hydrogen-bond donors (Lipinski definition) is 7. The first-order chi connectivity index (χ1) is 13.5. The summed E-state index contributed by atoms with van der Waals surface area (Å²) in [4.78, 5) is 45.3. The Bertz CT molecular complexity index is 614. The molecular weight excluding hydrogens is 396 g/mol. The van der Waals surface area contributed by atoms with Crippen molar-refractivity contribution in [2.75, 3.05) is 13.2 Å². The number of unbranched alkanes of at least 4 members (excludes halogenated alkanes) is 2. The van der Waals surface area contributed by atoms with E-state index in [2.05, 4.69) is 10.6 Å². The van der Waals surface area contributed by atoms with Crippen LogP contribution in [0, 0.1) is 0 Å². The van der Waals surface area contributed by atoms with Crippen LogP contribution in [-0.4, -0.2) is 92.8 Å². The van der Waals surface area contributed by atoms with Gasteiger partial charge in [-0.1, -0.05) is 6.42 Å². The standard InChI is InChI=1S/C16H26N2O11/c1-8(20)17-12-11(18-9(21)7-19)13(24)16(15(26)27,29-14(12)25)28-6-4-2-3-5-10(22)23/h11-14,19,24-25H,2-7H2,1H3,(H,17,20)(H,18,21)(H,22,23)(H,26,27)/t11-,12-,13+,14-,16-/m1/s1. The lowest BCUT2D eigenvalue weighted by Crippen LogP contribution is -2.75. The van der Waals surface area contributed by atoms with Crippen LogP contribution in [0.25, 0.3) is 0 Å². The van der Waals surface area contributed by atoms with Gasteiger partial charge in [0.15, 0.2) is 6.29 Å². The number of carboxylic acids is 2. The Labute approximate surface area is 165 Å². The molecule has 2 amide bonds. The summed E-state index contributed by atoms with van der Waals surface area (Å²) in [5, 5.41) is 52.3. The lowest BCUT2D eigenvalue weighted by atomic mass is 9.91. The van der Waals surface area contributed by atoms with Gasteiger partial charge in [0.05, 0.1) is 12.6 Å². The molecule has 166 valence electrons. The number of carboxylic acid groups (broad SMARTS) is 2. The number of aliphatic hydroxyl groups is 3. The lowest BCUT2D eigenvalue weighted by molar-refractivity contribution is -0.353. The minimum absolute atomic E-state index is 0.0738. The zero-order chi connectivity index (χ0) is 22.2. The molecule has 0 saturated carbocycles. The predicted molar refractivity (Wildman–Crippen MR) is 92.1 cm³/mol. The number of carbonyl (C=O) groups excluding carboxylic acids is 2. The SMILES string of the molecule is CC(=O)N[C@@H]1[C@@H](NC(=O)CO)[C@H](O)[C@](OCCCCCC(=O)O)(C(=O)O)O[C@H]1O. The van der Waals surface area contributed by atoms with Crippen molar-refractivity contribution in [3.63, 3.8) is 0 Å². The quantitative estimate of drug-likeness (QED) is 0.168. The summed E-state index contributed by atoms with van der Waals surface area (Å²) in [6.45, 7) is -0.157. The number of nitrogens with one attached hydrogen (secondary N) is 2. The van der Waals surface area contributed by atoms with E-state index in [1.165, 1.54) is 0 Å². The zero-order valence-electron chi connectivity index (χ0n) is 15.7. The Hall–Kier alpha value is -2.32. The van der Waals surface area contributed by atoms with Crippen molar-refractivity contribution in [1.82, 2.24) is 10.6 Å². The molecule has 1 rings (SSSR count). The van der Waals surface area contributed by atoms with E-state index in [4.69, 9.17) is 19.7 Å². The van der Waals surface area contributed by atoms with E-state index in [1.54, 1.807) is 0 Å². The second-order valence-electron chi connectivity index (χ2n) is 6.46. The van der Waals surface area contributed by atoms with Crippen LogP contribution < -0.4 is 10.6 Å². The van der Waals surface area contributed by atoms with E-state index in [0.29, 0.717) is 12.8 Å². The normalized spacial score (nSPS) is 29.1. The van der Waals surface area contributed by atoms with Gasteiger partial charge in [-0.15, -0.1) is 0 Å². The third kappa shape index (κ3) is 6.61. The molecule has 1 saturated heterocycles. The number of amides is 2. The first-order valence-electron chi connectivity index (χ1n) is 8.85. The monoisotopic (exact) mass is 422 g/mol. The van der Waals surface area contributed by atoms with Crippen LogP contribution in [0.4, 0.5) is 0 Å². The van der Waals surface area contributed by atoms with Crippen molar-refractivity contribution >= 4 is 23.8 Å². The van der Waals surface area contributed by atoms with Crippen LogP contribution in [0.15, 0.2) is 0 Å². The minimum Gasteiger partial charge on any atom is -0.481 e. The van der Waals surface area contributed by atoms with E-state index in [-0.39, 0.29) is 19.4 Å². The molecule has 0 unspecified atom stereocenters. The fourth-order valence-corrected chi connectivity index (χ4v) is 2.87. The second-order valence-corrected chi connectivity index (χ2v) is 6.46. The number of hydrogen-bond acceptors (Lipinski definition) is 9. The van der Waals surface area contributed by atoms with Crippen LogP contribution in [0.5, 0.6) is 0 Å². The molecule has 29 heavy (non-hydrogen) atoms. The van der Waals surface area contributed by atoms with Crippen molar-refractivity contribution in [3.05, 3.63) is 0 Å². The summed E-state index contributed by atoms with van der Waals surface area (Å²) in [6.07, 6.45) is -3.18. The second kappa shape index (κ2) is 11.0. The number of ether oxygens (including phenoxy) is 2. The van der Waals surface area contributed by atoms with Gasteiger partial charge in [0, 0.05) is 13.3 Å². The van der Waals surface area contributed by atoms with Crippen LogP contribution in [0.2, 0.25) is 0 Å². The van der Waals surface area contributed by atoms with Gasteiger partial charge in [0.2, 0.25) is 11.8 Å². The summed E-state index contributed by atoms with van der Waals surface area (Å²) < 4.78 is 10.2. The van der Waals surface area contributed by atoms with Gasteiger partial charge in [0.25, 0.3) is 5.79 Å². The summed E-state index contributed by atoms with van der Waals surface area (Å²) in [5.41, 5.74) is 0. The molecule has 0 radical (unpaired) electrons. The largest absolute Gasteiger partial charge is 0.481 e. The first-order valence-corrected chi connectivity index (χ1v) is 8.85. The maximum absolute atomic E-state index is 11.8. The van der Waals surface area contributed by atoms with E-state index in [1.807, 2.05) is 0 Å². The van der Waals surface area contributed by atoms with E-state index in [9.17, 15) is 34.5 Å². The summed E-state index contributed by atoms with van der Waals surface area (Å²) in [6, 6.07) is -2.99. The fraction of sp³-hybridized carbons (Fsp3) is 0.750. The molecule has 13 heteroatoms. The topological polar surface area (TPSA) is 212 Å². The molecule has 7 N–H and O–H groups in total. The third-order valence-electron chi connectivity index (χ3n) is 4.21. The van der Waals surface area contributed by atoms with Crippen molar-refractivity contribution in [1.29, 1.82) is 0 Å². The van der Waals surface area contributed by atoms with Gasteiger partial charge in [-0.2, -0.15) is 0 Å². The van der Waals surface area contributed by atoms with Gasteiger partial charge in [0.1, 0.15) is 18.8 Å². The van der Waals surface area contributed by atoms with Gasteiger partial charge in [-0.05, 0) is 12.8 Å². The Kier molecular flexibility index (Phi) is 9.39. The van der Waals surface area contributed by atoms with Gasteiger partial charge >= 0.3 is 11.9 Å². The smallest absolute Gasteiger partial charge is 0.367 e. The molecule has 0 aromatic heterocycles. The van der Waals surface area contributed by atoms with E-state index >= 15 is 0 Å². The average Bonchev–Trinajstić information content (AvgIpc) is 2.63. The molecule has 1 fully saturated rings. The molecule has 0 aromatic rings. The Morgan fingerprint density at radius 1 is 1.03 bits per heavy atom. The Morgan fingerprint density at radius 2 is 1.69 bits per heavy atom. The summed E-state index contributed by atoms with van der Waals surface area (Å²) in [5.74, 6) is -7.19. The van der Waals surface area contributed by atoms with Crippen LogP contribution in [-0.2, 0) is 28.7 Å². The van der Waals surface area contributed by atoms with E-state index < -0.39 is 60.6 Å². The average molecular weight is 422 g/mol. The van der Waals surface area contributed by atoms with Gasteiger partial charge < -0.3 is 45.6 Å². The van der Waals surface area contributed by atoms with Crippen LogP contribution in [0.1, 0.15) is 32.6 Å². The number of aliphatic carboxylic acids is 2. The highest BCUT2D eigenvalue weighted by molar-refractivity contribution is 5.80. The highest BCUT2D eigenvalue weighted by atomic mass is 16.8. The third-order valence-corrected chi connectivity index (χ3v) is 4.21. The van der Waals surface area contributed by atoms with Crippen molar-refractivity contribution in [3.8, 4) is 0 Å². The summed E-state index contributed by atoms with van der Waals surface area (Å²) in [7, 11) is 0. The highest BCUT2D eigenvalue weighted by Gasteiger charge is 2.60. The lowest BCUT2D eigenvalue weighted by Gasteiger charge is -2.47. The van der Waals surface area contributed by atoms with Crippen molar-refractivity contribution in [2.45, 2.75) is 62.9 Å². The maximum atomic E-state index is 11.8. The number of rotatable bonds is 11. The Morgan fingerprint density at radius 3 is 2.21 bits per heavy atom. The minimum atomic E-state index is -2.77. The number of carbonyl (C=O) groups is 4. The van der Waals surface area contributed by atoms with Gasteiger partial charge in [-0.3, -0.25) is 14.4 Å². The highest BCUT2D eigenvalue weighted by Crippen LogP contribution is 2.31. The molecule has 0 bridgehead atoms. The summed E-state index contributed by atoms with van der Waals surface area (Å²) >= 11 is 0. The molecule has 5 atom stereocenters. The molecule has 0 spiro atoms. The predicted octanol–water partition coefficient (Wildman–Crippen LogP) is -2.88. The molecule has 0 aliphatic carbocycles. The molecular formula is C16H26N2O11. The van der Waals surface area contributed by atoms with Crippen LogP contribution >= 0.6 is 0 Å². The maximum Gasteiger partial charge on any atom is 0.367 e. The number of aliphatic hydroxyl groups excluding tert-OH is 3. The molecule has 0 aromatic carbocycles. The van der Waals surface area contributed by atoms with E-state index in [0.717, 1.165) is 6.92 Å².